The Morgan fingerprint density at radius 3 is 2.33 bits per heavy atom. The summed E-state index contributed by atoms with van der Waals surface area (Å²) in [6.45, 7) is 0. The molecule has 0 atom stereocenters. The minimum absolute atomic E-state index is 0.159. The molecule has 27 heavy (non-hydrogen) atoms. The van der Waals surface area contributed by atoms with Gasteiger partial charge >= 0.3 is 0 Å². The van der Waals surface area contributed by atoms with Gasteiger partial charge in [-0.25, -0.2) is 0 Å². The molecule has 2 aromatic carbocycles. The molecule has 2 amide bonds. The molecule has 0 unspecified atom stereocenters. The first kappa shape index (κ1) is 19.4. The maximum Gasteiger partial charge on any atom is 0.291 e. The Bertz CT molecular complexity index is 944. The van der Waals surface area contributed by atoms with Crippen LogP contribution in [0.4, 0.5) is 11.4 Å². The Balaban J connectivity index is 1.50. The van der Waals surface area contributed by atoms with Gasteiger partial charge in [0.1, 0.15) is 0 Å². The summed E-state index contributed by atoms with van der Waals surface area (Å²) >= 11 is 13.2. The van der Waals surface area contributed by atoms with Crippen molar-refractivity contribution in [2.45, 2.75) is 4.90 Å². The maximum atomic E-state index is 12.1. The van der Waals surface area contributed by atoms with Crippen LogP contribution in [0.3, 0.4) is 0 Å². The number of rotatable bonds is 6. The average Bonchev–Trinajstić information content (AvgIpc) is 3.19. The second-order valence-electron chi connectivity index (χ2n) is 5.42. The fourth-order valence-corrected chi connectivity index (χ4v) is 3.15. The van der Waals surface area contributed by atoms with Crippen LogP contribution in [-0.4, -0.2) is 17.6 Å². The van der Waals surface area contributed by atoms with Crippen molar-refractivity contribution in [3.63, 3.8) is 0 Å². The molecule has 5 nitrogen and oxygen atoms in total. The number of amides is 2. The topological polar surface area (TPSA) is 71.3 Å². The van der Waals surface area contributed by atoms with Gasteiger partial charge in [0.15, 0.2) is 5.76 Å². The highest BCUT2D eigenvalue weighted by Crippen LogP contribution is 2.25. The van der Waals surface area contributed by atoms with Gasteiger partial charge in [0.25, 0.3) is 5.91 Å². The van der Waals surface area contributed by atoms with E-state index >= 15 is 0 Å². The number of halogens is 2. The van der Waals surface area contributed by atoms with Crippen LogP contribution >= 0.6 is 35.0 Å². The van der Waals surface area contributed by atoms with Gasteiger partial charge in [0, 0.05) is 16.3 Å². The van der Waals surface area contributed by atoms with Crippen molar-refractivity contribution >= 4 is 58.2 Å². The van der Waals surface area contributed by atoms with Crippen molar-refractivity contribution in [1.29, 1.82) is 0 Å². The summed E-state index contributed by atoms with van der Waals surface area (Å²) in [5.41, 5.74) is 1.23. The fraction of sp³-hybridized carbons (Fsp3) is 0.0526. The molecular formula is C19H14Cl2N2O3S. The first-order valence-corrected chi connectivity index (χ1v) is 9.58. The second kappa shape index (κ2) is 8.99. The number of furan rings is 1. The third kappa shape index (κ3) is 5.53. The van der Waals surface area contributed by atoms with Crippen LogP contribution in [0.15, 0.2) is 70.2 Å². The number of hydrogen-bond donors (Lipinski definition) is 2. The van der Waals surface area contributed by atoms with Crippen LogP contribution in [0.25, 0.3) is 0 Å². The number of carbonyl (C=O) groups is 2. The Morgan fingerprint density at radius 1 is 0.926 bits per heavy atom. The van der Waals surface area contributed by atoms with Gasteiger partial charge in [0.2, 0.25) is 5.91 Å². The van der Waals surface area contributed by atoms with E-state index in [2.05, 4.69) is 10.6 Å². The molecular weight excluding hydrogens is 407 g/mol. The Labute approximate surface area is 170 Å². The number of nitrogens with one attached hydrogen (secondary N) is 2. The minimum Gasteiger partial charge on any atom is -0.459 e. The van der Waals surface area contributed by atoms with Crippen molar-refractivity contribution in [2.75, 3.05) is 16.4 Å². The highest BCUT2D eigenvalue weighted by Gasteiger charge is 2.09. The molecule has 0 aliphatic carbocycles. The van der Waals surface area contributed by atoms with E-state index in [-0.39, 0.29) is 23.3 Å². The van der Waals surface area contributed by atoms with E-state index in [4.69, 9.17) is 27.6 Å². The quantitative estimate of drug-likeness (QED) is 0.511. The maximum absolute atomic E-state index is 12.1. The SMILES string of the molecule is O=C(CSc1ccc(NC(=O)c2ccco2)cc1)Nc1ccc(Cl)c(Cl)c1. The van der Waals surface area contributed by atoms with Crippen molar-refractivity contribution < 1.29 is 14.0 Å². The molecule has 3 aromatic rings. The molecule has 138 valence electrons. The molecule has 0 aliphatic heterocycles. The van der Waals surface area contributed by atoms with Crippen LogP contribution in [-0.2, 0) is 4.79 Å². The third-order valence-electron chi connectivity index (χ3n) is 3.43. The van der Waals surface area contributed by atoms with Gasteiger partial charge in [-0.1, -0.05) is 23.2 Å². The van der Waals surface area contributed by atoms with Crippen LogP contribution in [0.2, 0.25) is 10.0 Å². The van der Waals surface area contributed by atoms with E-state index in [1.165, 1.54) is 18.0 Å². The fourth-order valence-electron chi connectivity index (χ4n) is 2.15. The Hall–Kier alpha value is -2.41. The van der Waals surface area contributed by atoms with Gasteiger partial charge in [-0.3, -0.25) is 9.59 Å². The summed E-state index contributed by atoms with van der Waals surface area (Å²) < 4.78 is 5.04. The Morgan fingerprint density at radius 2 is 1.67 bits per heavy atom. The van der Waals surface area contributed by atoms with E-state index in [1.54, 1.807) is 42.5 Å². The molecule has 0 aliphatic rings. The molecule has 1 heterocycles. The van der Waals surface area contributed by atoms with E-state index < -0.39 is 0 Å². The predicted molar refractivity (Wildman–Crippen MR) is 109 cm³/mol. The molecule has 0 radical (unpaired) electrons. The summed E-state index contributed by atoms with van der Waals surface area (Å²) in [7, 11) is 0. The van der Waals surface area contributed by atoms with Crippen LogP contribution in [0, 0.1) is 0 Å². The first-order chi connectivity index (χ1) is 13.0. The van der Waals surface area contributed by atoms with Gasteiger partial charge in [0.05, 0.1) is 22.1 Å². The standard InChI is InChI=1S/C19H14Cl2N2O3S/c20-15-8-5-13(10-16(15)21)22-18(24)11-27-14-6-3-12(4-7-14)23-19(25)17-2-1-9-26-17/h1-10H,11H2,(H,22,24)(H,23,25). The molecule has 0 saturated carbocycles. The lowest BCUT2D eigenvalue weighted by molar-refractivity contribution is -0.113. The molecule has 0 spiro atoms. The molecule has 1 aromatic heterocycles. The summed E-state index contributed by atoms with van der Waals surface area (Å²) in [5.74, 6) is 0.000600. The molecule has 0 bridgehead atoms. The molecule has 0 fully saturated rings. The number of carbonyl (C=O) groups excluding carboxylic acids is 2. The lowest BCUT2D eigenvalue weighted by Gasteiger charge is -2.07. The lowest BCUT2D eigenvalue weighted by atomic mass is 10.3. The van der Waals surface area contributed by atoms with E-state index in [1.807, 2.05) is 12.1 Å². The average molecular weight is 421 g/mol. The van der Waals surface area contributed by atoms with Gasteiger partial charge in [-0.2, -0.15) is 0 Å². The van der Waals surface area contributed by atoms with E-state index in [9.17, 15) is 9.59 Å². The van der Waals surface area contributed by atoms with E-state index in [0.29, 0.717) is 21.4 Å². The van der Waals surface area contributed by atoms with Gasteiger partial charge in [-0.15, -0.1) is 11.8 Å². The number of hydrogen-bond acceptors (Lipinski definition) is 4. The number of benzene rings is 2. The van der Waals surface area contributed by atoms with Gasteiger partial charge in [-0.05, 0) is 54.6 Å². The van der Waals surface area contributed by atoms with Crippen LogP contribution in [0.5, 0.6) is 0 Å². The lowest BCUT2D eigenvalue weighted by Crippen LogP contribution is -2.14. The first-order valence-electron chi connectivity index (χ1n) is 7.84. The zero-order valence-corrected chi connectivity index (χ0v) is 16.2. The smallest absolute Gasteiger partial charge is 0.291 e. The zero-order valence-electron chi connectivity index (χ0n) is 13.9. The summed E-state index contributed by atoms with van der Waals surface area (Å²) in [6.07, 6.45) is 1.44. The normalized spacial score (nSPS) is 10.4. The summed E-state index contributed by atoms with van der Waals surface area (Å²) in [4.78, 5) is 24.9. The molecule has 3 rings (SSSR count). The summed E-state index contributed by atoms with van der Waals surface area (Å²) in [6, 6.07) is 15.3. The zero-order chi connectivity index (χ0) is 19.2. The number of anilines is 2. The highest BCUT2D eigenvalue weighted by atomic mass is 35.5. The largest absolute Gasteiger partial charge is 0.459 e. The highest BCUT2D eigenvalue weighted by molar-refractivity contribution is 8.00. The predicted octanol–water partition coefficient (Wildman–Crippen LogP) is 5.57. The molecule has 0 saturated heterocycles. The van der Waals surface area contributed by atoms with Crippen LogP contribution < -0.4 is 10.6 Å². The van der Waals surface area contributed by atoms with E-state index in [0.717, 1.165) is 4.90 Å². The number of thioether (sulfide) groups is 1. The monoisotopic (exact) mass is 420 g/mol. The third-order valence-corrected chi connectivity index (χ3v) is 5.18. The minimum atomic E-state index is -0.318. The Kier molecular flexibility index (Phi) is 6.45. The van der Waals surface area contributed by atoms with Crippen molar-refractivity contribution in [2.24, 2.45) is 0 Å². The van der Waals surface area contributed by atoms with Crippen molar-refractivity contribution in [3.05, 3.63) is 76.7 Å². The van der Waals surface area contributed by atoms with Crippen LogP contribution in [0.1, 0.15) is 10.6 Å². The molecule has 2 N–H and O–H groups in total. The van der Waals surface area contributed by atoms with Crippen molar-refractivity contribution in [3.8, 4) is 0 Å². The van der Waals surface area contributed by atoms with Crippen molar-refractivity contribution in [1.82, 2.24) is 0 Å². The second-order valence-corrected chi connectivity index (χ2v) is 7.28. The molecule has 8 heteroatoms. The van der Waals surface area contributed by atoms with Gasteiger partial charge < -0.3 is 15.1 Å². The summed E-state index contributed by atoms with van der Waals surface area (Å²) in [5, 5.41) is 6.31.